The van der Waals surface area contributed by atoms with Gasteiger partial charge in [0.15, 0.2) is 23.8 Å². The summed E-state index contributed by atoms with van der Waals surface area (Å²) in [6.07, 6.45) is 2.21. The van der Waals surface area contributed by atoms with Gasteiger partial charge in [-0.1, -0.05) is 35.9 Å². The summed E-state index contributed by atoms with van der Waals surface area (Å²) in [5, 5.41) is 11.8. The smallest absolute Gasteiger partial charge is 0.303 e. The first-order chi connectivity index (χ1) is 16.1. The van der Waals surface area contributed by atoms with Crippen LogP contribution in [0.25, 0.3) is 0 Å². The highest BCUT2D eigenvalue weighted by atomic mass is 79.9. The second-order valence-corrected chi connectivity index (χ2v) is 13.0. The van der Waals surface area contributed by atoms with Crippen LogP contribution in [0.1, 0.15) is 53.9 Å². The second kappa shape index (κ2) is 7.55. The number of ether oxygens (including phenoxy) is 3. The lowest BCUT2D eigenvalue weighted by Gasteiger charge is -2.64. The van der Waals surface area contributed by atoms with Crippen LogP contribution in [0.4, 0.5) is 4.39 Å². The highest BCUT2D eigenvalue weighted by Crippen LogP contribution is 2.73. The highest BCUT2D eigenvalue weighted by molar-refractivity contribution is 9.10. The van der Waals surface area contributed by atoms with E-state index in [0.29, 0.717) is 12.0 Å². The summed E-state index contributed by atoms with van der Waals surface area (Å²) in [6, 6.07) is 0. The number of rotatable bonds is 3. The third-order valence-electron chi connectivity index (χ3n) is 9.44. The van der Waals surface area contributed by atoms with Crippen molar-refractivity contribution in [2.75, 3.05) is 6.61 Å². The molecule has 0 aromatic carbocycles. The fraction of sp³-hybridized carbons (Fsp3) is 0.731. The molecule has 1 heterocycles. The molecule has 1 N–H and O–H groups in total. The van der Waals surface area contributed by atoms with Gasteiger partial charge in [-0.2, -0.15) is 0 Å². The Hall–Kier alpha value is -1.42. The van der Waals surface area contributed by atoms with E-state index in [1.807, 2.05) is 13.8 Å². The number of ketones is 2. The van der Waals surface area contributed by atoms with Crippen molar-refractivity contribution >= 4 is 33.5 Å². The van der Waals surface area contributed by atoms with Crippen molar-refractivity contribution in [1.29, 1.82) is 0 Å². The zero-order chi connectivity index (χ0) is 25.8. The SMILES string of the molecule is CC(=O)OCC(=O)[C@@]12OC(C)(C)O[C@@H]1C[C@H]1[C@@H]3C[C@H](F)C4=CC(=O)C=C[C@]4(C)[C@@]3(Br)C(O)C[C@@]12C. The molecule has 0 radical (unpaired) electrons. The number of aliphatic hydroxyl groups excluding tert-OH is 1. The molecule has 9 atom stereocenters. The van der Waals surface area contributed by atoms with Gasteiger partial charge in [-0.25, -0.2) is 4.39 Å². The lowest BCUT2D eigenvalue weighted by molar-refractivity contribution is -0.223. The fourth-order valence-corrected chi connectivity index (χ4v) is 9.11. The van der Waals surface area contributed by atoms with E-state index >= 15 is 4.39 Å². The first-order valence-corrected chi connectivity index (χ1v) is 12.9. The molecule has 4 aliphatic carbocycles. The zero-order valence-corrected chi connectivity index (χ0v) is 22.2. The van der Waals surface area contributed by atoms with E-state index in [-0.39, 0.29) is 30.5 Å². The number of fused-ring (bicyclic) bond motifs is 7. The molecule has 3 saturated carbocycles. The second-order valence-electron chi connectivity index (χ2n) is 11.6. The minimum Gasteiger partial charge on any atom is -0.458 e. The van der Waals surface area contributed by atoms with Crippen LogP contribution >= 0.6 is 15.9 Å². The van der Waals surface area contributed by atoms with Gasteiger partial charge in [-0.3, -0.25) is 14.4 Å². The molecule has 192 valence electrons. The Labute approximate surface area is 212 Å². The average Bonchev–Trinajstić information content (AvgIpc) is 3.16. The first kappa shape index (κ1) is 25.2. The number of hydrogen-bond acceptors (Lipinski definition) is 7. The number of allylic oxidation sites excluding steroid dienone is 4. The van der Waals surface area contributed by atoms with Crippen molar-refractivity contribution < 1.29 is 38.1 Å². The fourth-order valence-electron chi connectivity index (χ4n) is 8.08. The average molecular weight is 555 g/mol. The van der Waals surface area contributed by atoms with Crippen LogP contribution in [0.3, 0.4) is 0 Å². The normalized spacial score (nSPS) is 49.4. The van der Waals surface area contributed by atoms with Crippen LogP contribution in [0.2, 0.25) is 0 Å². The van der Waals surface area contributed by atoms with Crippen LogP contribution in [-0.4, -0.2) is 63.3 Å². The van der Waals surface area contributed by atoms with Crippen LogP contribution < -0.4 is 0 Å². The largest absolute Gasteiger partial charge is 0.458 e. The van der Waals surface area contributed by atoms with Crippen molar-refractivity contribution in [3.05, 3.63) is 23.8 Å². The lowest BCUT2D eigenvalue weighted by Crippen LogP contribution is -2.70. The van der Waals surface area contributed by atoms with Gasteiger partial charge in [0.25, 0.3) is 0 Å². The van der Waals surface area contributed by atoms with Crippen molar-refractivity contribution in [2.45, 2.75) is 88.0 Å². The lowest BCUT2D eigenvalue weighted by atomic mass is 9.45. The van der Waals surface area contributed by atoms with Gasteiger partial charge in [0, 0.05) is 17.8 Å². The van der Waals surface area contributed by atoms with Gasteiger partial charge in [-0.15, -0.1) is 0 Å². The number of aliphatic hydroxyl groups is 1. The number of carbonyl (C=O) groups is 3. The molecule has 5 rings (SSSR count). The van der Waals surface area contributed by atoms with Crippen molar-refractivity contribution in [1.82, 2.24) is 0 Å². The Balaban J connectivity index is 1.62. The maximum atomic E-state index is 15.7. The summed E-state index contributed by atoms with van der Waals surface area (Å²) in [6.45, 7) is 8.00. The minimum absolute atomic E-state index is 0.0927. The van der Waals surface area contributed by atoms with Crippen molar-refractivity contribution in [2.24, 2.45) is 22.7 Å². The van der Waals surface area contributed by atoms with Gasteiger partial charge >= 0.3 is 5.97 Å². The molecule has 9 heteroatoms. The van der Waals surface area contributed by atoms with Crippen molar-refractivity contribution in [3.63, 3.8) is 0 Å². The molecule has 0 amide bonds. The predicted octanol–water partition coefficient (Wildman–Crippen LogP) is 3.36. The number of esters is 1. The molecule has 0 bridgehead atoms. The predicted molar refractivity (Wildman–Crippen MR) is 126 cm³/mol. The third kappa shape index (κ3) is 3.07. The molecule has 0 aromatic rings. The van der Waals surface area contributed by atoms with Gasteiger partial charge in [0.1, 0.15) is 6.17 Å². The molecule has 0 spiro atoms. The van der Waals surface area contributed by atoms with Gasteiger partial charge in [0.2, 0.25) is 5.78 Å². The third-order valence-corrected chi connectivity index (χ3v) is 11.4. The minimum atomic E-state index is -1.45. The summed E-state index contributed by atoms with van der Waals surface area (Å²) in [5.74, 6) is -2.93. The molecule has 1 aliphatic heterocycles. The number of hydrogen-bond donors (Lipinski definition) is 1. The van der Waals surface area contributed by atoms with Crippen LogP contribution in [-0.2, 0) is 28.6 Å². The standard InChI is InChI=1S/C26H32BrFO7/c1-13(29)33-12-20(32)26-21(34-22(2,3)35-26)10-15-16-9-18(28)17-8-14(30)6-7-23(17,4)25(16,27)19(31)11-24(15,26)5/h6-8,15-16,18-19,21,31H,9-12H2,1-5H3/t15-,16-,18-,19?,21+,23-,24-,25-,26+/m0/s1. The summed E-state index contributed by atoms with van der Waals surface area (Å²) in [7, 11) is 0. The number of alkyl halides is 2. The Kier molecular flexibility index (Phi) is 5.45. The topological polar surface area (TPSA) is 99.1 Å². The maximum Gasteiger partial charge on any atom is 0.303 e. The Morgan fingerprint density at radius 3 is 2.57 bits per heavy atom. The monoisotopic (exact) mass is 554 g/mol. The Bertz CT molecular complexity index is 1070. The quantitative estimate of drug-likeness (QED) is 0.421. The van der Waals surface area contributed by atoms with E-state index in [0.717, 1.165) is 0 Å². The van der Waals surface area contributed by atoms with Gasteiger partial charge in [0.05, 0.1) is 16.5 Å². The van der Waals surface area contributed by atoms with E-state index in [1.165, 1.54) is 19.1 Å². The van der Waals surface area contributed by atoms with Gasteiger partial charge < -0.3 is 19.3 Å². The van der Waals surface area contributed by atoms with E-state index in [4.69, 9.17) is 14.2 Å². The summed E-state index contributed by atoms with van der Waals surface area (Å²) >= 11 is 3.89. The van der Waals surface area contributed by atoms with E-state index < -0.39 is 63.3 Å². The molecule has 1 unspecified atom stereocenters. The van der Waals surface area contributed by atoms with Gasteiger partial charge in [-0.05, 0) is 62.7 Å². The summed E-state index contributed by atoms with van der Waals surface area (Å²) in [5.41, 5.74) is -2.92. The summed E-state index contributed by atoms with van der Waals surface area (Å²) < 4.78 is 32.5. The molecule has 1 saturated heterocycles. The van der Waals surface area contributed by atoms with Crippen molar-refractivity contribution in [3.8, 4) is 0 Å². The van der Waals surface area contributed by atoms with Crippen LogP contribution in [0, 0.1) is 22.7 Å². The van der Waals surface area contributed by atoms with E-state index in [1.54, 1.807) is 19.9 Å². The summed E-state index contributed by atoms with van der Waals surface area (Å²) in [4.78, 5) is 37.3. The van der Waals surface area contributed by atoms with E-state index in [2.05, 4.69) is 15.9 Å². The highest BCUT2D eigenvalue weighted by Gasteiger charge is 2.79. The Morgan fingerprint density at radius 2 is 1.91 bits per heavy atom. The van der Waals surface area contributed by atoms with E-state index in [9.17, 15) is 19.5 Å². The molecule has 5 aliphatic rings. The Morgan fingerprint density at radius 1 is 1.23 bits per heavy atom. The molecule has 4 fully saturated rings. The molecule has 35 heavy (non-hydrogen) atoms. The molecule has 7 nitrogen and oxygen atoms in total. The first-order valence-electron chi connectivity index (χ1n) is 12.1. The van der Waals surface area contributed by atoms with Crippen LogP contribution in [0.15, 0.2) is 23.8 Å². The van der Waals surface area contributed by atoms with Crippen LogP contribution in [0.5, 0.6) is 0 Å². The number of Topliss-reactive ketones (excluding diaryl/α,β-unsaturated/α-hetero) is 1. The zero-order valence-electron chi connectivity index (χ0n) is 20.6. The molecule has 0 aromatic heterocycles. The number of carbonyl (C=O) groups excluding carboxylic acids is 3. The molecular weight excluding hydrogens is 523 g/mol. The number of halogens is 2. The maximum absolute atomic E-state index is 15.7. The molecular formula is C26H32BrFO7.